The minimum absolute atomic E-state index is 0.299. The van der Waals surface area contributed by atoms with Gasteiger partial charge in [0.25, 0.3) is 0 Å². The summed E-state index contributed by atoms with van der Waals surface area (Å²) in [6.07, 6.45) is 0. The smallest absolute Gasteiger partial charge is 0.346 e. The quantitative estimate of drug-likeness (QED) is 0.453. The lowest BCUT2D eigenvalue weighted by molar-refractivity contribution is -0.135. The molecule has 0 heterocycles. The monoisotopic (exact) mass is 324 g/mol. The molecule has 0 bridgehead atoms. The number of hydrogen-bond acceptors (Lipinski definition) is 3. The van der Waals surface area contributed by atoms with Gasteiger partial charge in [0.05, 0.1) is 10.6 Å². The highest BCUT2D eigenvalue weighted by molar-refractivity contribution is 14.1. The van der Waals surface area contributed by atoms with Crippen molar-refractivity contribution in [2.24, 2.45) is 0 Å². The highest BCUT2D eigenvalue weighted by atomic mass is 127. The summed E-state index contributed by atoms with van der Waals surface area (Å²) in [4.78, 5) is 21.9. The Bertz CT molecular complexity index is 390. The first kappa shape index (κ1) is 11.5. The van der Waals surface area contributed by atoms with Crippen molar-refractivity contribution in [3.05, 3.63) is 32.4 Å². The Morgan fingerprint density at radius 2 is 2.07 bits per heavy atom. The highest BCUT2D eigenvalue weighted by Crippen LogP contribution is 2.22. The van der Waals surface area contributed by atoms with E-state index in [0.717, 1.165) is 0 Å². The van der Waals surface area contributed by atoms with Crippen molar-refractivity contribution in [3.63, 3.8) is 0 Å². The maximum absolute atomic E-state index is 11.3. The van der Waals surface area contributed by atoms with Gasteiger partial charge in [-0.25, -0.2) is 4.79 Å². The molecule has 5 heteroatoms. The molecule has 14 heavy (non-hydrogen) atoms. The van der Waals surface area contributed by atoms with Crippen LogP contribution >= 0.6 is 34.2 Å². The third-order valence-corrected chi connectivity index (χ3v) is 3.20. The molecule has 0 aliphatic rings. The second kappa shape index (κ2) is 4.75. The van der Waals surface area contributed by atoms with E-state index in [9.17, 15) is 9.59 Å². The van der Waals surface area contributed by atoms with E-state index < -0.39 is 11.9 Å². The molecule has 3 nitrogen and oxygen atoms in total. The molecular formula is C9H6ClIO3. The number of esters is 2. The fourth-order valence-electron chi connectivity index (χ4n) is 0.847. The summed E-state index contributed by atoms with van der Waals surface area (Å²) in [7, 11) is 0. The Morgan fingerprint density at radius 1 is 1.43 bits per heavy atom. The second-order valence-corrected chi connectivity index (χ2v) is 3.97. The second-order valence-electron chi connectivity index (χ2n) is 2.48. The predicted octanol–water partition coefficient (Wildman–Crippen LogP) is 2.65. The van der Waals surface area contributed by atoms with Crippen LogP contribution in [0.25, 0.3) is 0 Å². The van der Waals surface area contributed by atoms with Crippen LogP contribution in [0.3, 0.4) is 0 Å². The maximum atomic E-state index is 11.3. The van der Waals surface area contributed by atoms with Crippen LogP contribution in [-0.2, 0) is 9.53 Å². The van der Waals surface area contributed by atoms with Crippen molar-refractivity contribution in [1.82, 2.24) is 0 Å². The minimum atomic E-state index is -0.676. The molecule has 0 atom stereocenters. The Hall–Kier alpha value is -0.620. The Labute approximate surface area is 99.5 Å². The predicted molar refractivity (Wildman–Crippen MR) is 60.3 cm³/mol. The maximum Gasteiger partial charge on any atom is 0.346 e. The number of halogens is 2. The Morgan fingerprint density at radius 3 is 2.64 bits per heavy atom. The van der Waals surface area contributed by atoms with Crippen LogP contribution in [0.1, 0.15) is 17.3 Å². The fourth-order valence-corrected chi connectivity index (χ4v) is 1.60. The van der Waals surface area contributed by atoms with Gasteiger partial charge in [-0.3, -0.25) is 4.79 Å². The molecule has 0 fully saturated rings. The van der Waals surface area contributed by atoms with E-state index in [2.05, 4.69) is 4.74 Å². The number of hydrogen-bond donors (Lipinski definition) is 0. The van der Waals surface area contributed by atoms with Crippen LogP contribution in [0, 0.1) is 3.57 Å². The molecule has 1 aromatic carbocycles. The number of ether oxygens (including phenoxy) is 1. The highest BCUT2D eigenvalue weighted by Gasteiger charge is 2.14. The van der Waals surface area contributed by atoms with Crippen LogP contribution < -0.4 is 0 Å². The van der Waals surface area contributed by atoms with Gasteiger partial charge in [-0.15, -0.1) is 0 Å². The summed E-state index contributed by atoms with van der Waals surface area (Å²) in [5.41, 5.74) is 0.299. The number of rotatable bonds is 1. The molecule has 74 valence electrons. The van der Waals surface area contributed by atoms with Gasteiger partial charge in [0, 0.05) is 10.5 Å². The molecule has 0 aliphatic heterocycles. The van der Waals surface area contributed by atoms with E-state index in [-0.39, 0.29) is 0 Å². The summed E-state index contributed by atoms with van der Waals surface area (Å²) in [5, 5.41) is 0.462. The molecule has 0 spiro atoms. The van der Waals surface area contributed by atoms with E-state index in [1.54, 1.807) is 18.2 Å². The summed E-state index contributed by atoms with van der Waals surface area (Å²) in [5.74, 6) is -1.31. The first-order chi connectivity index (χ1) is 6.52. The largest absolute Gasteiger partial charge is 0.390 e. The average Bonchev–Trinajstić information content (AvgIpc) is 2.08. The van der Waals surface area contributed by atoms with Crippen LogP contribution in [0.4, 0.5) is 0 Å². The molecule has 1 rings (SSSR count). The summed E-state index contributed by atoms with van der Waals surface area (Å²) in [6.45, 7) is 1.18. The van der Waals surface area contributed by atoms with Crippen molar-refractivity contribution < 1.29 is 14.3 Å². The van der Waals surface area contributed by atoms with Crippen molar-refractivity contribution in [2.45, 2.75) is 6.92 Å². The molecule has 0 aliphatic carbocycles. The van der Waals surface area contributed by atoms with Crippen molar-refractivity contribution >= 4 is 46.1 Å². The Balaban J connectivity index is 3.01. The van der Waals surface area contributed by atoms with E-state index in [1.807, 2.05) is 22.6 Å². The molecular weight excluding hydrogens is 318 g/mol. The zero-order valence-corrected chi connectivity index (χ0v) is 10.1. The third-order valence-electron chi connectivity index (χ3n) is 1.41. The van der Waals surface area contributed by atoms with Crippen LogP contribution in [0.5, 0.6) is 0 Å². The molecule has 0 amide bonds. The number of carbonyl (C=O) groups is 2. The molecule has 0 N–H and O–H groups in total. The SMILES string of the molecule is CC(=O)OC(=O)c1cccc(Cl)c1I. The summed E-state index contributed by atoms with van der Waals surface area (Å²) < 4.78 is 5.01. The lowest BCUT2D eigenvalue weighted by atomic mass is 10.2. The fraction of sp³-hybridized carbons (Fsp3) is 0.111. The molecule has 1 aromatic rings. The van der Waals surface area contributed by atoms with E-state index in [0.29, 0.717) is 14.2 Å². The standard InChI is InChI=1S/C9H6ClIO3/c1-5(12)14-9(13)6-3-2-4-7(10)8(6)11/h2-4H,1H3. The molecule has 0 unspecified atom stereocenters. The topological polar surface area (TPSA) is 43.4 Å². The average molecular weight is 325 g/mol. The number of benzene rings is 1. The van der Waals surface area contributed by atoms with Gasteiger partial charge in [0.1, 0.15) is 0 Å². The van der Waals surface area contributed by atoms with Gasteiger partial charge in [-0.2, -0.15) is 0 Å². The van der Waals surface area contributed by atoms with Crippen LogP contribution in [-0.4, -0.2) is 11.9 Å². The van der Waals surface area contributed by atoms with Gasteiger partial charge in [-0.05, 0) is 34.7 Å². The van der Waals surface area contributed by atoms with Gasteiger partial charge < -0.3 is 4.74 Å². The number of carbonyl (C=O) groups excluding carboxylic acids is 2. The van der Waals surface area contributed by atoms with Gasteiger partial charge in [0.2, 0.25) is 0 Å². The zero-order chi connectivity index (χ0) is 10.7. The van der Waals surface area contributed by atoms with E-state index in [1.165, 1.54) is 6.92 Å². The van der Waals surface area contributed by atoms with E-state index >= 15 is 0 Å². The van der Waals surface area contributed by atoms with Crippen molar-refractivity contribution in [3.8, 4) is 0 Å². The first-order valence-corrected chi connectivity index (χ1v) is 5.15. The normalized spacial score (nSPS) is 9.64. The van der Waals surface area contributed by atoms with Gasteiger partial charge >= 0.3 is 11.9 Å². The molecule has 0 saturated heterocycles. The third kappa shape index (κ3) is 2.68. The van der Waals surface area contributed by atoms with Crippen LogP contribution in [0.2, 0.25) is 5.02 Å². The first-order valence-electron chi connectivity index (χ1n) is 3.69. The lowest BCUT2D eigenvalue weighted by Crippen LogP contribution is -2.10. The van der Waals surface area contributed by atoms with E-state index in [4.69, 9.17) is 11.6 Å². The van der Waals surface area contributed by atoms with Gasteiger partial charge in [-0.1, -0.05) is 17.7 Å². The summed E-state index contributed by atoms with van der Waals surface area (Å²) >= 11 is 7.72. The van der Waals surface area contributed by atoms with Gasteiger partial charge in [0.15, 0.2) is 0 Å². The summed E-state index contributed by atoms with van der Waals surface area (Å²) in [6, 6.07) is 4.84. The zero-order valence-electron chi connectivity index (χ0n) is 7.21. The van der Waals surface area contributed by atoms with Crippen molar-refractivity contribution in [2.75, 3.05) is 0 Å². The minimum Gasteiger partial charge on any atom is -0.390 e. The van der Waals surface area contributed by atoms with Crippen molar-refractivity contribution in [1.29, 1.82) is 0 Å². The molecule has 0 saturated carbocycles. The van der Waals surface area contributed by atoms with Crippen LogP contribution in [0.15, 0.2) is 18.2 Å². The lowest BCUT2D eigenvalue weighted by Gasteiger charge is -2.03. The molecule has 0 radical (unpaired) electrons. The molecule has 0 aromatic heterocycles. The Kier molecular flexibility index (Phi) is 3.88.